The molecule has 4 aliphatic heterocycles. The lowest BCUT2D eigenvalue weighted by Gasteiger charge is -2.44. The van der Waals surface area contributed by atoms with E-state index in [9.17, 15) is 29.4 Å². The largest absolute Gasteiger partial charge is 0.507 e. The molecule has 0 bridgehead atoms. The fourth-order valence-electron chi connectivity index (χ4n) is 7.63. The van der Waals surface area contributed by atoms with E-state index >= 15 is 0 Å². The minimum absolute atomic E-state index is 0.0285. The molecule has 4 aliphatic rings. The van der Waals surface area contributed by atoms with Crippen molar-refractivity contribution in [2.75, 3.05) is 44.6 Å². The summed E-state index contributed by atoms with van der Waals surface area (Å²) in [5.41, 5.74) is 2.62. The summed E-state index contributed by atoms with van der Waals surface area (Å²) < 4.78 is 12.1. The highest BCUT2D eigenvalue weighted by molar-refractivity contribution is 9.11. The summed E-state index contributed by atoms with van der Waals surface area (Å²) in [6.07, 6.45) is 2.39. The number of benzene rings is 2. The number of hydrogen-bond donors (Lipinski definition) is 3. The van der Waals surface area contributed by atoms with E-state index in [4.69, 9.17) is 9.47 Å². The van der Waals surface area contributed by atoms with Crippen molar-refractivity contribution >= 4 is 61.7 Å². The van der Waals surface area contributed by atoms with Crippen LogP contribution in [0.5, 0.6) is 5.75 Å². The molecular weight excluding hydrogens is 778 g/mol. The first-order valence-electron chi connectivity index (χ1n) is 17.3. The molecule has 2 aromatic carbocycles. The fourth-order valence-corrected chi connectivity index (χ4v) is 8.91. The van der Waals surface area contributed by atoms with E-state index < -0.39 is 24.6 Å². The second kappa shape index (κ2) is 16.2. The number of piperidine rings is 3. The number of ether oxygens (including phenoxy) is 2. The molecule has 2 atom stereocenters. The normalized spacial score (nSPS) is 21.5. The number of fused-ring (bicyclic) bond motifs is 1. The Kier molecular flexibility index (Phi) is 11.7. The summed E-state index contributed by atoms with van der Waals surface area (Å²) in [6, 6.07) is 11.1. The molecule has 4 amide bonds. The molecule has 0 spiro atoms. The number of carbonyl (C=O) groups is 4. The van der Waals surface area contributed by atoms with E-state index in [-0.39, 0.29) is 36.2 Å². The van der Waals surface area contributed by atoms with Crippen LogP contribution < -0.4 is 5.32 Å². The van der Waals surface area contributed by atoms with Crippen LogP contribution in [0.3, 0.4) is 0 Å². The number of phenols is 1. The molecule has 0 saturated carbocycles. The number of carbonyl (C=O) groups excluding carboxylic acids is 3. The molecule has 270 valence electrons. The van der Waals surface area contributed by atoms with Crippen molar-refractivity contribution in [3.05, 3.63) is 56.5 Å². The lowest BCUT2D eigenvalue weighted by Crippen LogP contribution is -2.55. The predicted octanol–water partition coefficient (Wildman–Crippen LogP) is 6.02. The third kappa shape index (κ3) is 8.48. The fraction of sp³-hybridized carbons (Fsp3) is 0.543. The Bertz CT molecular complexity index is 1560. The standard InChI is InChI=1S/C35H43Br2N5O8/c36-26-19-22(20-27(37)31(26)43)21-29(32(44)39-14-9-24(10-15-39)41-13-4-3-7-30(41)50-35(47)48)49-34(46)40-16-11-25(12-17-40)42-18-8-23-5-1-2-6-28(23)38-33(42)45/h1-2,5-6,19-20,24-25,29-30,43H,3-4,7-18,21H2,(H,38,45)(H,47,48)/t29-,30+/m1/s1. The van der Waals surface area contributed by atoms with Crippen molar-refractivity contribution < 1.29 is 38.9 Å². The van der Waals surface area contributed by atoms with E-state index in [1.54, 1.807) is 21.9 Å². The van der Waals surface area contributed by atoms with Gasteiger partial charge in [-0.3, -0.25) is 9.69 Å². The maximum Gasteiger partial charge on any atom is 0.507 e. The zero-order valence-corrected chi connectivity index (χ0v) is 30.9. The van der Waals surface area contributed by atoms with Gasteiger partial charge in [0.05, 0.1) is 8.95 Å². The number of phenolic OH excluding ortho intramolecular Hbond substituents is 1. The molecule has 3 N–H and O–H groups in total. The van der Waals surface area contributed by atoms with Crippen LogP contribution in [-0.4, -0.2) is 118 Å². The highest BCUT2D eigenvalue weighted by atomic mass is 79.9. The molecule has 2 aromatic rings. The molecule has 0 aliphatic carbocycles. The van der Waals surface area contributed by atoms with Gasteiger partial charge in [0.25, 0.3) is 5.91 Å². The molecule has 0 aromatic heterocycles. The van der Waals surface area contributed by atoms with Crippen LogP contribution in [0.25, 0.3) is 0 Å². The van der Waals surface area contributed by atoms with Gasteiger partial charge in [-0.25, -0.2) is 14.4 Å². The summed E-state index contributed by atoms with van der Waals surface area (Å²) in [7, 11) is 0. The first-order valence-corrected chi connectivity index (χ1v) is 18.9. The number of likely N-dealkylation sites (tertiary alicyclic amines) is 3. The lowest BCUT2D eigenvalue weighted by atomic mass is 9.98. The number of urea groups is 1. The van der Waals surface area contributed by atoms with Gasteiger partial charge in [-0.05, 0) is 113 Å². The van der Waals surface area contributed by atoms with Gasteiger partial charge in [-0.1, -0.05) is 18.2 Å². The molecule has 0 radical (unpaired) electrons. The third-order valence-electron chi connectivity index (χ3n) is 10.3. The third-order valence-corrected chi connectivity index (χ3v) is 11.5. The molecule has 6 rings (SSSR count). The van der Waals surface area contributed by atoms with Crippen LogP contribution in [0.15, 0.2) is 45.3 Å². The smallest absolute Gasteiger partial charge is 0.506 e. The Morgan fingerprint density at radius 2 is 1.54 bits per heavy atom. The first kappa shape index (κ1) is 36.2. The van der Waals surface area contributed by atoms with Gasteiger partial charge >= 0.3 is 18.3 Å². The van der Waals surface area contributed by atoms with Gasteiger partial charge in [0.1, 0.15) is 5.75 Å². The van der Waals surface area contributed by atoms with Crippen molar-refractivity contribution in [1.82, 2.24) is 19.6 Å². The molecule has 13 nitrogen and oxygen atoms in total. The average molecular weight is 822 g/mol. The van der Waals surface area contributed by atoms with Crippen molar-refractivity contribution in [1.29, 1.82) is 0 Å². The quantitative estimate of drug-likeness (QED) is 0.285. The Labute approximate surface area is 308 Å². The molecule has 4 heterocycles. The van der Waals surface area contributed by atoms with E-state index in [1.807, 2.05) is 29.2 Å². The number of carboxylic acid groups (broad SMARTS) is 1. The van der Waals surface area contributed by atoms with Gasteiger partial charge in [0.15, 0.2) is 12.3 Å². The molecule has 50 heavy (non-hydrogen) atoms. The number of nitrogens with one attached hydrogen (secondary N) is 1. The topological polar surface area (TPSA) is 152 Å². The van der Waals surface area contributed by atoms with E-state index in [2.05, 4.69) is 42.1 Å². The zero-order chi connectivity index (χ0) is 35.4. The van der Waals surface area contributed by atoms with E-state index in [0.29, 0.717) is 79.3 Å². The number of para-hydroxylation sites is 1. The van der Waals surface area contributed by atoms with Crippen LogP contribution >= 0.6 is 31.9 Å². The zero-order valence-electron chi connectivity index (χ0n) is 27.8. The minimum Gasteiger partial charge on any atom is -0.506 e. The number of halogens is 2. The number of anilines is 1. The lowest BCUT2D eigenvalue weighted by molar-refractivity contribution is -0.143. The van der Waals surface area contributed by atoms with Gasteiger partial charge in [0.2, 0.25) is 0 Å². The van der Waals surface area contributed by atoms with Crippen LogP contribution in [0.4, 0.5) is 20.1 Å². The highest BCUT2D eigenvalue weighted by Gasteiger charge is 2.38. The Morgan fingerprint density at radius 1 is 0.880 bits per heavy atom. The van der Waals surface area contributed by atoms with Crippen molar-refractivity contribution in [2.45, 2.75) is 82.2 Å². The summed E-state index contributed by atoms with van der Waals surface area (Å²) in [5.74, 6) is -0.270. The number of amides is 4. The van der Waals surface area contributed by atoms with Crippen molar-refractivity contribution in [2.24, 2.45) is 0 Å². The van der Waals surface area contributed by atoms with Crippen LogP contribution in [0.1, 0.15) is 56.1 Å². The highest BCUT2D eigenvalue weighted by Crippen LogP contribution is 2.34. The Hall–Kier alpha value is -3.56. The molecule has 15 heteroatoms. The van der Waals surface area contributed by atoms with E-state index in [0.717, 1.165) is 37.1 Å². The summed E-state index contributed by atoms with van der Waals surface area (Å²) >= 11 is 6.72. The first-order chi connectivity index (χ1) is 24.1. The minimum atomic E-state index is -1.28. The summed E-state index contributed by atoms with van der Waals surface area (Å²) in [6.45, 7) is 2.98. The summed E-state index contributed by atoms with van der Waals surface area (Å²) in [5, 5.41) is 22.5. The van der Waals surface area contributed by atoms with Crippen LogP contribution in [0, 0.1) is 0 Å². The molecular formula is C35H43Br2N5O8. The van der Waals surface area contributed by atoms with Gasteiger partial charge in [-0.2, -0.15) is 0 Å². The monoisotopic (exact) mass is 819 g/mol. The average Bonchev–Trinajstić information content (AvgIpc) is 3.28. The number of hydrogen-bond acceptors (Lipinski definition) is 8. The molecule has 0 unspecified atom stereocenters. The van der Waals surface area contributed by atoms with Crippen LogP contribution in [-0.2, 0) is 27.1 Å². The maximum atomic E-state index is 14.1. The SMILES string of the molecule is O=C(O)O[C@H]1CCCCN1C1CCN(C(=O)[C@@H](Cc2cc(Br)c(O)c(Br)c2)OC(=O)N2CCC(N3CCc4ccccc4NC3=O)CC2)CC1. The second-order valence-corrected chi connectivity index (χ2v) is 15.1. The molecule has 3 fully saturated rings. The van der Waals surface area contributed by atoms with Gasteiger partial charge < -0.3 is 39.7 Å². The van der Waals surface area contributed by atoms with Crippen molar-refractivity contribution in [3.63, 3.8) is 0 Å². The van der Waals surface area contributed by atoms with E-state index in [1.165, 1.54) is 0 Å². The number of rotatable bonds is 7. The Balaban J connectivity index is 1.09. The molecule has 3 saturated heterocycles. The number of aromatic hydroxyl groups is 1. The Morgan fingerprint density at radius 3 is 2.24 bits per heavy atom. The number of nitrogens with zero attached hydrogens (tertiary/aromatic N) is 4. The van der Waals surface area contributed by atoms with Crippen molar-refractivity contribution in [3.8, 4) is 5.75 Å². The van der Waals surface area contributed by atoms with Gasteiger partial charge in [0, 0.05) is 63.5 Å². The second-order valence-electron chi connectivity index (χ2n) is 13.4. The summed E-state index contributed by atoms with van der Waals surface area (Å²) in [4.78, 5) is 59.4. The maximum absolute atomic E-state index is 14.1. The van der Waals surface area contributed by atoms with Gasteiger partial charge in [-0.15, -0.1) is 0 Å². The predicted molar refractivity (Wildman–Crippen MR) is 191 cm³/mol. The van der Waals surface area contributed by atoms with Crippen LogP contribution in [0.2, 0.25) is 0 Å².